The Labute approximate surface area is 106 Å². The van der Waals surface area contributed by atoms with Crippen LogP contribution in [0.1, 0.15) is 43.4 Å². The molecule has 0 aromatic heterocycles. The van der Waals surface area contributed by atoms with Crippen molar-refractivity contribution in [1.82, 2.24) is 0 Å². The zero-order valence-corrected chi connectivity index (χ0v) is 10.9. The summed E-state index contributed by atoms with van der Waals surface area (Å²) in [6.45, 7) is 5.37. The molecule has 1 rings (SSSR count). The lowest BCUT2D eigenvalue weighted by Crippen LogP contribution is -2.08. The number of aliphatic hydroxyl groups excluding tert-OH is 2. The molecular formula is C13H19NO4. The second-order valence-corrected chi connectivity index (χ2v) is 4.79. The maximum Gasteiger partial charge on any atom is 0.273 e. The van der Waals surface area contributed by atoms with E-state index in [9.17, 15) is 15.2 Å². The maximum absolute atomic E-state index is 11.1. The Kier molecular flexibility index (Phi) is 4.81. The van der Waals surface area contributed by atoms with Crippen LogP contribution in [0.4, 0.5) is 5.69 Å². The molecule has 1 aromatic rings. The summed E-state index contributed by atoms with van der Waals surface area (Å²) < 4.78 is 0. The molecule has 0 fully saturated rings. The Morgan fingerprint density at radius 1 is 1.17 bits per heavy atom. The van der Waals surface area contributed by atoms with Gasteiger partial charge in [0, 0.05) is 11.6 Å². The van der Waals surface area contributed by atoms with E-state index in [4.69, 9.17) is 5.11 Å². The molecule has 0 bridgehead atoms. The van der Waals surface area contributed by atoms with Gasteiger partial charge in [0.15, 0.2) is 0 Å². The van der Waals surface area contributed by atoms with Crippen molar-refractivity contribution in [2.75, 3.05) is 0 Å². The first-order valence-corrected chi connectivity index (χ1v) is 5.94. The van der Waals surface area contributed by atoms with Crippen LogP contribution in [0.2, 0.25) is 0 Å². The minimum absolute atomic E-state index is 0.0115. The molecule has 0 radical (unpaired) electrons. The fraction of sp³-hybridized carbons (Fsp3) is 0.538. The van der Waals surface area contributed by atoms with E-state index in [0.29, 0.717) is 16.7 Å². The summed E-state index contributed by atoms with van der Waals surface area (Å²) in [4.78, 5) is 10.6. The highest BCUT2D eigenvalue weighted by atomic mass is 16.6. The average molecular weight is 253 g/mol. The summed E-state index contributed by atoms with van der Waals surface area (Å²) >= 11 is 0. The van der Waals surface area contributed by atoms with Gasteiger partial charge in [-0.15, -0.1) is 0 Å². The zero-order chi connectivity index (χ0) is 13.9. The van der Waals surface area contributed by atoms with Crippen molar-refractivity contribution in [1.29, 1.82) is 0 Å². The van der Waals surface area contributed by atoms with Crippen molar-refractivity contribution in [3.05, 3.63) is 38.9 Å². The summed E-state index contributed by atoms with van der Waals surface area (Å²) in [5.41, 5.74) is 1.57. The molecule has 0 saturated carbocycles. The molecule has 5 nitrogen and oxygen atoms in total. The van der Waals surface area contributed by atoms with Crippen molar-refractivity contribution in [2.45, 2.75) is 39.9 Å². The molecule has 1 unspecified atom stereocenters. The minimum atomic E-state index is -0.436. The van der Waals surface area contributed by atoms with Crippen LogP contribution in [0, 0.1) is 16.0 Å². The highest BCUT2D eigenvalue weighted by Gasteiger charge is 2.23. The highest BCUT2D eigenvalue weighted by Crippen LogP contribution is 2.33. The second kappa shape index (κ2) is 5.93. The lowest BCUT2D eigenvalue weighted by molar-refractivity contribution is -0.385. The number of rotatable bonds is 5. The predicted molar refractivity (Wildman–Crippen MR) is 68.2 cm³/mol. The van der Waals surface area contributed by atoms with Gasteiger partial charge < -0.3 is 10.2 Å². The van der Waals surface area contributed by atoms with E-state index in [1.807, 2.05) is 20.8 Å². The van der Waals surface area contributed by atoms with Gasteiger partial charge in [-0.25, -0.2) is 0 Å². The van der Waals surface area contributed by atoms with Gasteiger partial charge in [-0.2, -0.15) is 0 Å². The Morgan fingerprint density at radius 3 is 2.06 bits per heavy atom. The van der Waals surface area contributed by atoms with Crippen molar-refractivity contribution >= 4 is 5.69 Å². The number of benzene rings is 1. The van der Waals surface area contributed by atoms with Crippen LogP contribution in [0.25, 0.3) is 0 Å². The topological polar surface area (TPSA) is 83.6 Å². The number of hydrogen-bond acceptors (Lipinski definition) is 4. The van der Waals surface area contributed by atoms with Gasteiger partial charge in [-0.1, -0.05) is 20.8 Å². The van der Waals surface area contributed by atoms with Gasteiger partial charge in [0.1, 0.15) is 0 Å². The number of aliphatic hydroxyl groups is 2. The standard InChI is InChI=1S/C13H19NO4/c1-8(2)9(3)12-4-10(6-15)11(7-16)5-13(12)14(17)18/h4-5,8-9,15-16H,6-7H2,1-3H3. The predicted octanol–water partition coefficient (Wildman–Crippen LogP) is 2.34. The van der Waals surface area contributed by atoms with Crippen molar-refractivity contribution in [2.24, 2.45) is 5.92 Å². The molecule has 0 aliphatic rings. The van der Waals surface area contributed by atoms with Crippen LogP contribution in [0.15, 0.2) is 12.1 Å². The molecule has 0 aliphatic carbocycles. The van der Waals surface area contributed by atoms with Crippen LogP contribution in [-0.2, 0) is 13.2 Å². The fourth-order valence-corrected chi connectivity index (χ4v) is 1.87. The van der Waals surface area contributed by atoms with Gasteiger partial charge in [-0.05, 0) is 29.0 Å². The highest BCUT2D eigenvalue weighted by molar-refractivity contribution is 5.49. The summed E-state index contributed by atoms with van der Waals surface area (Å²) in [7, 11) is 0. The second-order valence-electron chi connectivity index (χ2n) is 4.79. The van der Waals surface area contributed by atoms with Gasteiger partial charge in [0.25, 0.3) is 5.69 Å². The SMILES string of the molecule is CC(C)C(C)c1cc(CO)c(CO)cc1[N+](=O)[O-]. The number of hydrogen-bond donors (Lipinski definition) is 2. The molecule has 0 aliphatic heterocycles. The largest absolute Gasteiger partial charge is 0.392 e. The van der Waals surface area contributed by atoms with Gasteiger partial charge in [-0.3, -0.25) is 10.1 Å². The van der Waals surface area contributed by atoms with Crippen LogP contribution >= 0.6 is 0 Å². The van der Waals surface area contributed by atoms with Crippen molar-refractivity contribution in [3.8, 4) is 0 Å². The van der Waals surface area contributed by atoms with Crippen molar-refractivity contribution < 1.29 is 15.1 Å². The quantitative estimate of drug-likeness (QED) is 0.623. The summed E-state index contributed by atoms with van der Waals surface area (Å²) in [5, 5.41) is 29.5. The van der Waals surface area contributed by atoms with E-state index >= 15 is 0 Å². The van der Waals surface area contributed by atoms with E-state index in [0.717, 1.165) is 0 Å². The number of nitrogens with zero attached hydrogens (tertiary/aromatic N) is 1. The molecule has 1 atom stereocenters. The molecular weight excluding hydrogens is 234 g/mol. The first kappa shape index (κ1) is 14.6. The van der Waals surface area contributed by atoms with Gasteiger partial charge in [0.05, 0.1) is 18.1 Å². The van der Waals surface area contributed by atoms with E-state index in [-0.39, 0.29) is 30.7 Å². The third kappa shape index (κ3) is 2.86. The first-order valence-electron chi connectivity index (χ1n) is 5.94. The minimum Gasteiger partial charge on any atom is -0.392 e. The molecule has 18 heavy (non-hydrogen) atoms. The molecule has 0 heterocycles. The molecule has 5 heteroatoms. The van der Waals surface area contributed by atoms with Gasteiger partial charge in [0.2, 0.25) is 0 Å². The Morgan fingerprint density at radius 2 is 1.67 bits per heavy atom. The van der Waals surface area contributed by atoms with Crippen LogP contribution in [0.3, 0.4) is 0 Å². The van der Waals surface area contributed by atoms with Crippen LogP contribution in [-0.4, -0.2) is 15.1 Å². The summed E-state index contributed by atoms with van der Waals surface area (Å²) in [6.07, 6.45) is 0. The molecule has 0 amide bonds. The smallest absolute Gasteiger partial charge is 0.273 e. The molecule has 2 N–H and O–H groups in total. The Hall–Kier alpha value is -1.46. The molecule has 0 spiro atoms. The third-order valence-electron chi connectivity index (χ3n) is 3.38. The van der Waals surface area contributed by atoms with Gasteiger partial charge >= 0.3 is 0 Å². The van der Waals surface area contributed by atoms with E-state index < -0.39 is 4.92 Å². The lowest BCUT2D eigenvalue weighted by Gasteiger charge is -2.18. The zero-order valence-electron chi connectivity index (χ0n) is 10.9. The third-order valence-corrected chi connectivity index (χ3v) is 3.38. The average Bonchev–Trinajstić information content (AvgIpc) is 2.35. The summed E-state index contributed by atoms with van der Waals surface area (Å²) in [6, 6.07) is 2.99. The number of nitro benzene ring substituents is 1. The number of nitro groups is 1. The lowest BCUT2D eigenvalue weighted by atomic mass is 9.87. The Bertz CT molecular complexity index is 443. The first-order chi connectivity index (χ1) is 8.42. The van der Waals surface area contributed by atoms with Crippen molar-refractivity contribution in [3.63, 3.8) is 0 Å². The fourth-order valence-electron chi connectivity index (χ4n) is 1.87. The Balaban J connectivity index is 3.42. The van der Waals surface area contributed by atoms with E-state index in [1.54, 1.807) is 6.07 Å². The maximum atomic E-state index is 11.1. The molecule has 100 valence electrons. The normalized spacial score (nSPS) is 12.8. The molecule has 1 aromatic carbocycles. The monoisotopic (exact) mass is 253 g/mol. The van der Waals surface area contributed by atoms with E-state index in [1.165, 1.54) is 6.07 Å². The molecule has 0 saturated heterocycles. The van der Waals surface area contributed by atoms with Crippen LogP contribution in [0.5, 0.6) is 0 Å². The van der Waals surface area contributed by atoms with Crippen LogP contribution < -0.4 is 0 Å². The summed E-state index contributed by atoms with van der Waals surface area (Å²) in [5.74, 6) is 0.277. The van der Waals surface area contributed by atoms with E-state index in [2.05, 4.69) is 0 Å².